The smallest absolute Gasteiger partial charge is 0.228 e. The molecular weight excluding hydrogens is 344 g/mol. The summed E-state index contributed by atoms with van der Waals surface area (Å²) in [7, 11) is 3.69. The molecule has 136 valence electrons. The van der Waals surface area contributed by atoms with Gasteiger partial charge < -0.3 is 14.8 Å². The van der Waals surface area contributed by atoms with Crippen LogP contribution in [-0.4, -0.2) is 12.2 Å². The topological polar surface area (TPSA) is 53.0 Å². The van der Waals surface area contributed by atoms with Crippen molar-refractivity contribution in [3.63, 3.8) is 0 Å². The van der Waals surface area contributed by atoms with Crippen LogP contribution in [0.5, 0.6) is 5.75 Å². The largest absolute Gasteiger partial charge is 0.497 e. The van der Waals surface area contributed by atoms with E-state index in [0.29, 0.717) is 0 Å². The van der Waals surface area contributed by atoms with Crippen LogP contribution < -0.4 is 19.5 Å². The normalized spacial score (nSPS) is 10.6. The van der Waals surface area contributed by atoms with Gasteiger partial charge in [-0.15, -0.1) is 4.68 Å². The third-order valence-corrected chi connectivity index (χ3v) is 5.17. The van der Waals surface area contributed by atoms with Crippen LogP contribution in [0.25, 0.3) is 0 Å². The first-order valence-corrected chi connectivity index (χ1v) is 9.33. The second kappa shape index (κ2) is 8.19. The molecule has 6 heteroatoms. The molecule has 0 radical (unpaired) electrons. The standard InChI is InChI=1S/C20H24N4OS/c1-14-20(15(2)24(3)22-14)23-26-19-11-5-16(6-12-19)13-21-17-7-9-18(25-4)10-8-17/h5-12,21,23H,13H2,1-4H3/p+1. The van der Waals surface area contributed by atoms with Crippen molar-refractivity contribution in [1.82, 2.24) is 5.10 Å². The Morgan fingerprint density at radius 1 is 1.04 bits per heavy atom. The first-order chi connectivity index (χ1) is 12.6. The van der Waals surface area contributed by atoms with Crippen molar-refractivity contribution in [3.05, 3.63) is 65.5 Å². The molecule has 3 aromatic rings. The van der Waals surface area contributed by atoms with Gasteiger partial charge in [0.1, 0.15) is 17.1 Å². The average molecular weight is 370 g/mol. The molecule has 0 aliphatic carbocycles. The molecule has 0 spiro atoms. The summed E-state index contributed by atoms with van der Waals surface area (Å²) in [6, 6.07) is 16.5. The van der Waals surface area contributed by atoms with Gasteiger partial charge in [-0.1, -0.05) is 12.1 Å². The number of nitrogens with one attached hydrogen (secondary N) is 3. The fourth-order valence-electron chi connectivity index (χ4n) is 2.68. The second-order valence-corrected chi connectivity index (χ2v) is 7.07. The van der Waals surface area contributed by atoms with Gasteiger partial charge in [0.25, 0.3) is 0 Å². The van der Waals surface area contributed by atoms with Crippen LogP contribution in [0.1, 0.15) is 17.0 Å². The molecule has 5 nitrogen and oxygen atoms in total. The number of H-pyrrole nitrogens is 1. The van der Waals surface area contributed by atoms with Gasteiger partial charge in [0.05, 0.1) is 7.11 Å². The Balaban J connectivity index is 1.54. The second-order valence-electron chi connectivity index (χ2n) is 6.19. The van der Waals surface area contributed by atoms with Crippen molar-refractivity contribution in [2.45, 2.75) is 25.3 Å². The molecule has 26 heavy (non-hydrogen) atoms. The highest BCUT2D eigenvalue weighted by Gasteiger charge is 2.15. The highest BCUT2D eigenvalue weighted by atomic mass is 32.2. The summed E-state index contributed by atoms with van der Waals surface area (Å²) in [5, 5.41) is 6.71. The third kappa shape index (κ3) is 4.32. The summed E-state index contributed by atoms with van der Waals surface area (Å²) in [5.74, 6) is 0.867. The Labute approximate surface area is 158 Å². The van der Waals surface area contributed by atoms with Crippen molar-refractivity contribution in [2.75, 3.05) is 17.1 Å². The number of aryl methyl sites for hydroxylation is 2. The lowest BCUT2D eigenvalue weighted by Crippen LogP contribution is -2.32. The zero-order valence-electron chi connectivity index (χ0n) is 15.6. The summed E-state index contributed by atoms with van der Waals surface area (Å²) >= 11 is 1.62. The van der Waals surface area contributed by atoms with Gasteiger partial charge in [0.15, 0.2) is 7.05 Å². The van der Waals surface area contributed by atoms with E-state index in [-0.39, 0.29) is 0 Å². The molecule has 0 unspecified atom stereocenters. The first kappa shape index (κ1) is 18.2. The van der Waals surface area contributed by atoms with Crippen LogP contribution in [0, 0.1) is 13.8 Å². The van der Waals surface area contributed by atoms with Crippen molar-refractivity contribution in [1.29, 1.82) is 0 Å². The van der Waals surface area contributed by atoms with Gasteiger partial charge in [-0.2, -0.15) is 5.10 Å². The average Bonchev–Trinajstić information content (AvgIpc) is 2.91. The fourth-order valence-corrected chi connectivity index (χ4v) is 3.47. The van der Waals surface area contributed by atoms with Crippen molar-refractivity contribution >= 4 is 23.3 Å². The van der Waals surface area contributed by atoms with Gasteiger partial charge in [0.2, 0.25) is 5.69 Å². The lowest BCUT2D eigenvalue weighted by Gasteiger charge is -2.08. The predicted molar refractivity (Wildman–Crippen MR) is 108 cm³/mol. The molecule has 0 amide bonds. The fraction of sp³-hybridized carbons (Fsp3) is 0.250. The predicted octanol–water partition coefficient (Wildman–Crippen LogP) is 4.20. The summed E-state index contributed by atoms with van der Waals surface area (Å²) < 4.78 is 10.6. The minimum atomic E-state index is 0.788. The van der Waals surface area contributed by atoms with Gasteiger partial charge >= 0.3 is 0 Å². The minimum absolute atomic E-state index is 0.788. The van der Waals surface area contributed by atoms with E-state index in [4.69, 9.17) is 4.74 Å². The van der Waals surface area contributed by atoms with E-state index in [0.717, 1.165) is 29.4 Å². The summed E-state index contributed by atoms with van der Waals surface area (Å²) in [6.07, 6.45) is 0. The Bertz CT molecular complexity index is 857. The van der Waals surface area contributed by atoms with Crippen molar-refractivity contribution in [3.8, 4) is 5.75 Å². The Morgan fingerprint density at radius 2 is 1.73 bits per heavy atom. The molecular formula is C20H25N4OS+. The number of rotatable bonds is 7. The van der Waals surface area contributed by atoms with Gasteiger partial charge in [-0.05, 0) is 60.8 Å². The van der Waals surface area contributed by atoms with E-state index in [9.17, 15) is 0 Å². The van der Waals surface area contributed by atoms with Crippen molar-refractivity contribution < 1.29 is 9.42 Å². The number of aromatic amines is 1. The van der Waals surface area contributed by atoms with E-state index in [1.165, 1.54) is 16.2 Å². The van der Waals surface area contributed by atoms with Gasteiger partial charge in [0, 0.05) is 24.1 Å². The number of hydrogen-bond donors (Lipinski definition) is 3. The molecule has 3 rings (SSSR count). The summed E-state index contributed by atoms with van der Waals surface area (Å²) in [4.78, 5) is 1.18. The third-order valence-electron chi connectivity index (χ3n) is 4.36. The van der Waals surface area contributed by atoms with Gasteiger partial charge in [-0.25, -0.2) is 0 Å². The Morgan fingerprint density at radius 3 is 2.31 bits per heavy atom. The van der Waals surface area contributed by atoms with E-state index in [2.05, 4.69) is 53.3 Å². The molecule has 1 aromatic heterocycles. The SMILES string of the molecule is COc1ccc(NCc2ccc(SNc3c(C)[nH][n+](C)c3C)cc2)cc1. The van der Waals surface area contributed by atoms with Crippen LogP contribution in [0.4, 0.5) is 11.4 Å². The minimum Gasteiger partial charge on any atom is -0.497 e. The monoisotopic (exact) mass is 369 g/mol. The molecule has 0 bridgehead atoms. The van der Waals surface area contributed by atoms with Gasteiger partial charge in [-0.3, -0.25) is 0 Å². The molecule has 2 aromatic carbocycles. The van der Waals surface area contributed by atoms with E-state index in [1.807, 2.05) is 36.0 Å². The van der Waals surface area contributed by atoms with Crippen LogP contribution in [0.15, 0.2) is 53.4 Å². The van der Waals surface area contributed by atoms with Crippen LogP contribution in [-0.2, 0) is 13.6 Å². The maximum atomic E-state index is 5.18. The quantitative estimate of drug-likeness (QED) is 0.432. The molecule has 0 atom stereocenters. The van der Waals surface area contributed by atoms with Crippen LogP contribution in [0.3, 0.4) is 0 Å². The van der Waals surface area contributed by atoms with E-state index in [1.54, 1.807) is 19.1 Å². The molecule has 0 fully saturated rings. The lowest BCUT2D eigenvalue weighted by atomic mass is 10.2. The molecule has 0 aliphatic rings. The summed E-state index contributed by atoms with van der Waals surface area (Å²) in [6.45, 7) is 4.96. The maximum Gasteiger partial charge on any atom is 0.228 e. The Kier molecular flexibility index (Phi) is 5.73. The number of ether oxygens (including phenoxy) is 1. The van der Waals surface area contributed by atoms with Crippen LogP contribution >= 0.6 is 11.9 Å². The zero-order chi connectivity index (χ0) is 18.5. The molecule has 0 aliphatic heterocycles. The zero-order valence-corrected chi connectivity index (χ0v) is 16.4. The van der Waals surface area contributed by atoms with Crippen molar-refractivity contribution in [2.24, 2.45) is 7.05 Å². The van der Waals surface area contributed by atoms with E-state index >= 15 is 0 Å². The molecule has 0 saturated heterocycles. The number of methoxy groups -OCH3 is 1. The number of anilines is 2. The lowest BCUT2D eigenvalue weighted by molar-refractivity contribution is -0.732. The molecule has 1 heterocycles. The van der Waals surface area contributed by atoms with Crippen LogP contribution in [0.2, 0.25) is 0 Å². The maximum absolute atomic E-state index is 5.18. The number of hydrogen-bond acceptors (Lipinski definition) is 4. The number of nitrogens with zero attached hydrogens (tertiary/aromatic N) is 1. The molecule has 0 saturated carbocycles. The Hall–Kier alpha value is -2.60. The highest BCUT2D eigenvalue weighted by molar-refractivity contribution is 8.00. The number of benzene rings is 2. The number of aromatic nitrogens is 2. The highest BCUT2D eigenvalue weighted by Crippen LogP contribution is 2.25. The van der Waals surface area contributed by atoms with E-state index < -0.39 is 0 Å². The first-order valence-electron chi connectivity index (χ1n) is 8.51. The molecule has 3 N–H and O–H groups in total. The summed E-state index contributed by atoms with van der Waals surface area (Å²) in [5.41, 5.74) is 5.79.